The molecule has 18 heavy (non-hydrogen) atoms. The summed E-state index contributed by atoms with van der Waals surface area (Å²) in [4.78, 5) is 22.3. The van der Waals surface area contributed by atoms with Crippen molar-refractivity contribution in [3.05, 3.63) is 12.4 Å². The van der Waals surface area contributed by atoms with Gasteiger partial charge >= 0.3 is 0 Å². The Morgan fingerprint density at radius 2 is 2.00 bits per heavy atom. The normalized spacial score (nSPS) is 16.4. The van der Waals surface area contributed by atoms with Gasteiger partial charge in [0.1, 0.15) is 17.7 Å². The van der Waals surface area contributed by atoms with Crippen LogP contribution in [-0.4, -0.2) is 47.0 Å². The van der Waals surface area contributed by atoms with Crippen LogP contribution in [-0.2, 0) is 4.79 Å². The lowest BCUT2D eigenvalue weighted by atomic mass is 10.3. The molecule has 0 radical (unpaired) electrons. The Morgan fingerprint density at radius 1 is 1.33 bits per heavy atom. The van der Waals surface area contributed by atoms with Crippen LogP contribution in [0, 0.1) is 0 Å². The number of anilines is 2. The predicted octanol–water partition coefficient (Wildman–Crippen LogP) is 0.941. The lowest BCUT2D eigenvalue weighted by Gasteiger charge is -2.21. The van der Waals surface area contributed by atoms with Crippen molar-refractivity contribution < 1.29 is 4.79 Å². The molecule has 1 saturated heterocycles. The van der Waals surface area contributed by atoms with Gasteiger partial charge in [-0.1, -0.05) is 0 Å². The van der Waals surface area contributed by atoms with Crippen molar-refractivity contribution in [3.63, 3.8) is 0 Å². The van der Waals surface area contributed by atoms with Crippen molar-refractivity contribution in [1.82, 2.24) is 14.9 Å². The van der Waals surface area contributed by atoms with Crippen LogP contribution >= 0.6 is 0 Å². The molecule has 6 heteroatoms. The van der Waals surface area contributed by atoms with Gasteiger partial charge in [-0.25, -0.2) is 4.98 Å². The summed E-state index contributed by atoms with van der Waals surface area (Å²) < 4.78 is 0. The number of carbonyl (C=O) groups excluding carboxylic acids is 1. The third-order valence-electron chi connectivity index (χ3n) is 3.04. The smallest absolute Gasteiger partial charge is 0.244 e. The van der Waals surface area contributed by atoms with Crippen molar-refractivity contribution in [1.29, 1.82) is 0 Å². The fraction of sp³-hybridized carbons (Fsp3) is 0.583. The van der Waals surface area contributed by atoms with Gasteiger partial charge in [0.2, 0.25) is 5.91 Å². The zero-order chi connectivity index (χ0) is 13.0. The molecule has 98 valence electrons. The van der Waals surface area contributed by atoms with Gasteiger partial charge in [0.05, 0.1) is 12.4 Å². The topological polar surface area (TPSA) is 70.2 Å². The molecule has 1 unspecified atom stereocenters. The standard InChI is InChI=1S/C12H19N5O/c1-9(12(18)17-5-3-4-6-17)15-11-8-14-7-10(13-2)16-11/h7-9H,3-6H2,1-2H3,(H2,13,15,16). The minimum atomic E-state index is -0.274. The summed E-state index contributed by atoms with van der Waals surface area (Å²) in [7, 11) is 1.78. The first-order valence-corrected chi connectivity index (χ1v) is 6.26. The number of hydrogen-bond donors (Lipinski definition) is 2. The van der Waals surface area contributed by atoms with Gasteiger partial charge in [0.15, 0.2) is 0 Å². The molecule has 2 heterocycles. The third kappa shape index (κ3) is 2.88. The minimum Gasteiger partial charge on any atom is -0.372 e. The molecule has 1 aromatic heterocycles. The lowest BCUT2D eigenvalue weighted by Crippen LogP contribution is -2.39. The molecular weight excluding hydrogens is 230 g/mol. The number of hydrogen-bond acceptors (Lipinski definition) is 5. The second kappa shape index (κ2) is 5.66. The first-order chi connectivity index (χ1) is 8.70. The Kier molecular flexibility index (Phi) is 3.96. The molecule has 0 aliphatic carbocycles. The predicted molar refractivity (Wildman–Crippen MR) is 70.5 cm³/mol. The zero-order valence-electron chi connectivity index (χ0n) is 10.8. The molecule has 6 nitrogen and oxygen atoms in total. The van der Waals surface area contributed by atoms with E-state index in [4.69, 9.17) is 0 Å². The molecule has 1 aliphatic heterocycles. The maximum Gasteiger partial charge on any atom is 0.244 e. The number of aromatic nitrogens is 2. The summed E-state index contributed by atoms with van der Waals surface area (Å²) in [5.41, 5.74) is 0. The van der Waals surface area contributed by atoms with Gasteiger partial charge in [0, 0.05) is 20.1 Å². The summed E-state index contributed by atoms with van der Waals surface area (Å²) in [5.74, 6) is 1.42. The van der Waals surface area contributed by atoms with Crippen LogP contribution in [0.3, 0.4) is 0 Å². The van der Waals surface area contributed by atoms with E-state index < -0.39 is 0 Å². The Bertz CT molecular complexity index is 417. The molecule has 0 saturated carbocycles. The van der Waals surface area contributed by atoms with Gasteiger partial charge in [-0.05, 0) is 19.8 Å². The zero-order valence-corrected chi connectivity index (χ0v) is 10.8. The van der Waals surface area contributed by atoms with Crippen LogP contribution in [0.15, 0.2) is 12.4 Å². The maximum absolute atomic E-state index is 12.1. The summed E-state index contributed by atoms with van der Waals surface area (Å²) in [6.45, 7) is 3.59. The molecule has 2 N–H and O–H groups in total. The third-order valence-corrected chi connectivity index (χ3v) is 3.04. The molecule has 0 aromatic carbocycles. The molecule has 2 rings (SSSR count). The van der Waals surface area contributed by atoms with E-state index in [-0.39, 0.29) is 11.9 Å². The number of likely N-dealkylation sites (tertiary alicyclic amines) is 1. The number of nitrogens with zero attached hydrogens (tertiary/aromatic N) is 3. The SMILES string of the molecule is CNc1cncc(NC(C)C(=O)N2CCCC2)n1. The van der Waals surface area contributed by atoms with E-state index in [1.54, 1.807) is 19.4 Å². The first kappa shape index (κ1) is 12.6. The molecular formula is C12H19N5O. The van der Waals surface area contributed by atoms with Crippen LogP contribution in [0.2, 0.25) is 0 Å². The Hall–Kier alpha value is -1.85. The first-order valence-electron chi connectivity index (χ1n) is 6.26. The molecule has 0 spiro atoms. The molecule has 1 aromatic rings. The van der Waals surface area contributed by atoms with Crippen LogP contribution in [0.4, 0.5) is 11.6 Å². The molecule has 1 aliphatic rings. The summed E-state index contributed by atoms with van der Waals surface area (Å²) in [6, 6.07) is -0.274. The number of rotatable bonds is 4. The second-order valence-corrected chi connectivity index (χ2v) is 4.44. The minimum absolute atomic E-state index is 0.129. The van der Waals surface area contributed by atoms with Gasteiger partial charge < -0.3 is 15.5 Å². The Balaban J connectivity index is 1.97. The largest absolute Gasteiger partial charge is 0.372 e. The highest BCUT2D eigenvalue weighted by Gasteiger charge is 2.23. The number of carbonyl (C=O) groups is 1. The fourth-order valence-electron chi connectivity index (χ4n) is 2.05. The van der Waals surface area contributed by atoms with Crippen LogP contribution < -0.4 is 10.6 Å². The van der Waals surface area contributed by atoms with Crippen molar-refractivity contribution in [2.45, 2.75) is 25.8 Å². The van der Waals surface area contributed by atoms with E-state index in [1.165, 1.54) is 0 Å². The Morgan fingerprint density at radius 3 is 2.67 bits per heavy atom. The van der Waals surface area contributed by atoms with E-state index in [0.717, 1.165) is 25.9 Å². The molecule has 1 atom stereocenters. The average molecular weight is 249 g/mol. The maximum atomic E-state index is 12.1. The van der Waals surface area contributed by atoms with E-state index in [1.807, 2.05) is 11.8 Å². The van der Waals surface area contributed by atoms with Crippen LogP contribution in [0.25, 0.3) is 0 Å². The van der Waals surface area contributed by atoms with E-state index >= 15 is 0 Å². The van der Waals surface area contributed by atoms with Crippen molar-refractivity contribution in [3.8, 4) is 0 Å². The highest BCUT2D eigenvalue weighted by Crippen LogP contribution is 2.12. The average Bonchev–Trinajstić information content (AvgIpc) is 2.92. The van der Waals surface area contributed by atoms with Gasteiger partial charge in [-0.2, -0.15) is 0 Å². The molecule has 0 bridgehead atoms. The van der Waals surface area contributed by atoms with E-state index in [9.17, 15) is 4.79 Å². The summed E-state index contributed by atoms with van der Waals surface area (Å²) in [5, 5.41) is 6.00. The number of amides is 1. The number of nitrogens with one attached hydrogen (secondary N) is 2. The van der Waals surface area contributed by atoms with Crippen molar-refractivity contribution >= 4 is 17.5 Å². The fourth-order valence-corrected chi connectivity index (χ4v) is 2.05. The quantitative estimate of drug-likeness (QED) is 0.831. The van der Waals surface area contributed by atoms with E-state index in [2.05, 4.69) is 20.6 Å². The van der Waals surface area contributed by atoms with Gasteiger partial charge in [-0.3, -0.25) is 9.78 Å². The van der Waals surface area contributed by atoms with Gasteiger partial charge in [-0.15, -0.1) is 0 Å². The monoisotopic (exact) mass is 249 g/mol. The highest BCUT2D eigenvalue weighted by atomic mass is 16.2. The van der Waals surface area contributed by atoms with Crippen molar-refractivity contribution in [2.75, 3.05) is 30.8 Å². The second-order valence-electron chi connectivity index (χ2n) is 4.44. The van der Waals surface area contributed by atoms with Crippen LogP contribution in [0.1, 0.15) is 19.8 Å². The Labute approximate surface area is 107 Å². The molecule has 1 amide bonds. The van der Waals surface area contributed by atoms with Gasteiger partial charge in [0.25, 0.3) is 0 Å². The molecule has 1 fully saturated rings. The van der Waals surface area contributed by atoms with Crippen molar-refractivity contribution in [2.24, 2.45) is 0 Å². The highest BCUT2D eigenvalue weighted by molar-refractivity contribution is 5.84. The summed E-state index contributed by atoms with van der Waals surface area (Å²) >= 11 is 0. The van der Waals surface area contributed by atoms with Crippen LogP contribution in [0.5, 0.6) is 0 Å². The van der Waals surface area contributed by atoms with E-state index in [0.29, 0.717) is 11.6 Å². The summed E-state index contributed by atoms with van der Waals surface area (Å²) in [6.07, 6.45) is 5.47. The lowest BCUT2D eigenvalue weighted by molar-refractivity contribution is -0.130.